The van der Waals surface area contributed by atoms with Crippen LogP contribution >= 0.6 is 11.6 Å². The molecule has 1 amide bonds. The lowest BCUT2D eigenvalue weighted by Crippen LogP contribution is -2.30. The fraction of sp³-hybridized carbons (Fsp3) is 0.292. The van der Waals surface area contributed by atoms with Crippen molar-refractivity contribution in [2.24, 2.45) is 0 Å². The number of benzene rings is 2. The Kier molecular flexibility index (Phi) is 7.41. The average molecular weight is 426 g/mol. The summed E-state index contributed by atoms with van der Waals surface area (Å²) in [5, 5.41) is 3.88. The molecule has 1 heterocycles. The summed E-state index contributed by atoms with van der Waals surface area (Å²) in [6.45, 7) is 6.69. The second kappa shape index (κ2) is 10.2. The van der Waals surface area contributed by atoms with Gasteiger partial charge in [-0.3, -0.25) is 4.79 Å². The summed E-state index contributed by atoms with van der Waals surface area (Å²) in [6, 6.07) is 17.1. The summed E-state index contributed by atoms with van der Waals surface area (Å²) in [4.78, 5) is 17.3. The molecular weight excluding hydrogens is 398 g/mol. The Hall–Kier alpha value is -2.92. The van der Waals surface area contributed by atoms with Crippen LogP contribution in [0.5, 0.6) is 0 Å². The van der Waals surface area contributed by atoms with Crippen molar-refractivity contribution in [2.45, 2.75) is 26.9 Å². The number of hydrogen-bond donors (Lipinski definition) is 1. The lowest BCUT2D eigenvalue weighted by atomic mass is 10.1. The molecule has 0 saturated heterocycles. The van der Waals surface area contributed by atoms with Crippen molar-refractivity contribution in [2.75, 3.05) is 30.4 Å². The minimum Gasteiger partial charge on any atom is -0.467 e. The fourth-order valence-corrected chi connectivity index (χ4v) is 3.49. The van der Waals surface area contributed by atoms with Gasteiger partial charge in [0.1, 0.15) is 5.76 Å². The molecule has 1 N–H and O–H groups in total. The van der Waals surface area contributed by atoms with Gasteiger partial charge in [-0.05, 0) is 55.8 Å². The maximum atomic E-state index is 13.4. The van der Waals surface area contributed by atoms with E-state index in [1.165, 1.54) is 0 Å². The first-order chi connectivity index (χ1) is 14.5. The van der Waals surface area contributed by atoms with Crippen molar-refractivity contribution < 1.29 is 9.21 Å². The number of rotatable bonds is 9. The molecule has 6 heteroatoms. The highest BCUT2D eigenvalue weighted by molar-refractivity contribution is 6.33. The Morgan fingerprint density at radius 3 is 2.53 bits per heavy atom. The Bertz CT molecular complexity index is 972. The molecule has 158 valence electrons. The lowest BCUT2D eigenvalue weighted by molar-refractivity contribution is 0.0718. The molecule has 5 nitrogen and oxygen atoms in total. The third-order valence-corrected chi connectivity index (χ3v) is 5.38. The van der Waals surface area contributed by atoms with Gasteiger partial charge in [-0.15, -0.1) is 0 Å². The summed E-state index contributed by atoms with van der Waals surface area (Å²) in [6.07, 6.45) is 1.62. The van der Waals surface area contributed by atoms with Crippen molar-refractivity contribution in [1.29, 1.82) is 0 Å². The Balaban J connectivity index is 1.94. The molecule has 0 spiro atoms. The second-order valence-corrected chi connectivity index (χ2v) is 7.51. The monoisotopic (exact) mass is 425 g/mol. The van der Waals surface area contributed by atoms with Crippen molar-refractivity contribution in [3.05, 3.63) is 82.8 Å². The average Bonchev–Trinajstić information content (AvgIpc) is 3.27. The smallest absolute Gasteiger partial charge is 0.256 e. The van der Waals surface area contributed by atoms with Gasteiger partial charge in [0, 0.05) is 38.1 Å². The molecule has 0 saturated carbocycles. The fourth-order valence-electron chi connectivity index (χ4n) is 3.28. The first-order valence-electron chi connectivity index (χ1n) is 10.2. The van der Waals surface area contributed by atoms with Gasteiger partial charge in [-0.2, -0.15) is 0 Å². The number of hydrogen-bond acceptors (Lipinski definition) is 4. The predicted octanol–water partition coefficient (Wildman–Crippen LogP) is 5.66. The number of nitrogens with zero attached hydrogens (tertiary/aromatic N) is 2. The van der Waals surface area contributed by atoms with Crippen LogP contribution < -0.4 is 10.2 Å². The standard InChI is InChI=1S/C24H28ClN3O2/c1-4-26-23-15-19(27(3)5-2)13-12-18(23)16-28(17-20-9-8-14-30-20)24(29)21-10-6-7-11-22(21)25/h6-15,26H,4-5,16-17H2,1-3H3. The van der Waals surface area contributed by atoms with Gasteiger partial charge in [-0.1, -0.05) is 29.8 Å². The van der Waals surface area contributed by atoms with E-state index < -0.39 is 0 Å². The van der Waals surface area contributed by atoms with Crippen LogP contribution in [0.2, 0.25) is 5.02 Å². The van der Waals surface area contributed by atoms with E-state index in [-0.39, 0.29) is 5.91 Å². The highest BCUT2D eigenvalue weighted by atomic mass is 35.5. The quantitative estimate of drug-likeness (QED) is 0.480. The highest BCUT2D eigenvalue weighted by Crippen LogP contribution is 2.27. The molecule has 0 aliphatic carbocycles. The van der Waals surface area contributed by atoms with E-state index in [2.05, 4.69) is 49.3 Å². The zero-order valence-corrected chi connectivity index (χ0v) is 18.4. The molecule has 30 heavy (non-hydrogen) atoms. The Morgan fingerprint density at radius 2 is 1.87 bits per heavy atom. The van der Waals surface area contributed by atoms with Gasteiger partial charge in [0.2, 0.25) is 0 Å². The zero-order chi connectivity index (χ0) is 21.5. The molecule has 0 aliphatic heterocycles. The SMILES string of the molecule is CCNc1cc(N(C)CC)ccc1CN(Cc1ccco1)C(=O)c1ccccc1Cl. The number of amides is 1. The van der Waals surface area contributed by atoms with E-state index >= 15 is 0 Å². The molecule has 0 unspecified atom stereocenters. The summed E-state index contributed by atoms with van der Waals surface area (Å²) in [5.41, 5.74) is 3.68. The molecule has 0 radical (unpaired) electrons. The van der Waals surface area contributed by atoms with Gasteiger partial charge in [0.15, 0.2) is 0 Å². The number of nitrogens with one attached hydrogen (secondary N) is 1. The van der Waals surface area contributed by atoms with Crippen molar-refractivity contribution in [3.8, 4) is 0 Å². The normalized spacial score (nSPS) is 10.7. The van der Waals surface area contributed by atoms with Crippen LogP contribution in [0.4, 0.5) is 11.4 Å². The third kappa shape index (κ3) is 5.16. The van der Waals surface area contributed by atoms with Crippen LogP contribution in [-0.4, -0.2) is 30.9 Å². The number of halogens is 1. The van der Waals surface area contributed by atoms with Crippen molar-refractivity contribution >= 4 is 28.9 Å². The maximum absolute atomic E-state index is 13.4. The van der Waals surface area contributed by atoms with Crippen molar-refractivity contribution in [1.82, 2.24) is 4.90 Å². The molecule has 0 fully saturated rings. The number of carbonyl (C=O) groups is 1. The molecule has 3 rings (SSSR count). The highest BCUT2D eigenvalue weighted by Gasteiger charge is 2.21. The van der Waals surface area contributed by atoms with Crippen LogP contribution in [0.25, 0.3) is 0 Å². The number of anilines is 2. The van der Waals surface area contributed by atoms with Crippen LogP contribution in [0, 0.1) is 0 Å². The van der Waals surface area contributed by atoms with E-state index in [0.29, 0.717) is 23.7 Å². The van der Waals surface area contributed by atoms with E-state index in [0.717, 1.165) is 35.8 Å². The van der Waals surface area contributed by atoms with E-state index in [9.17, 15) is 4.79 Å². The summed E-state index contributed by atoms with van der Waals surface area (Å²) < 4.78 is 5.51. The topological polar surface area (TPSA) is 48.7 Å². The first kappa shape index (κ1) is 21.8. The van der Waals surface area contributed by atoms with Crippen LogP contribution in [-0.2, 0) is 13.1 Å². The van der Waals surface area contributed by atoms with Crippen LogP contribution in [0.3, 0.4) is 0 Å². The van der Waals surface area contributed by atoms with Crippen LogP contribution in [0.1, 0.15) is 35.5 Å². The van der Waals surface area contributed by atoms with Gasteiger partial charge in [0.25, 0.3) is 5.91 Å². The third-order valence-electron chi connectivity index (χ3n) is 5.06. The second-order valence-electron chi connectivity index (χ2n) is 7.11. The molecule has 0 bridgehead atoms. The Labute approximate surface area is 183 Å². The van der Waals surface area contributed by atoms with Gasteiger partial charge >= 0.3 is 0 Å². The zero-order valence-electron chi connectivity index (χ0n) is 17.7. The van der Waals surface area contributed by atoms with Gasteiger partial charge < -0.3 is 19.5 Å². The number of carbonyl (C=O) groups excluding carboxylic acids is 1. The van der Waals surface area contributed by atoms with Crippen LogP contribution in [0.15, 0.2) is 65.3 Å². The minimum atomic E-state index is -0.130. The predicted molar refractivity (Wildman–Crippen MR) is 123 cm³/mol. The van der Waals surface area contributed by atoms with Crippen molar-refractivity contribution in [3.63, 3.8) is 0 Å². The molecule has 1 aromatic heterocycles. The van der Waals surface area contributed by atoms with Gasteiger partial charge in [0.05, 0.1) is 23.4 Å². The summed E-state index contributed by atoms with van der Waals surface area (Å²) in [5.74, 6) is 0.594. The molecule has 3 aromatic rings. The molecular formula is C24H28ClN3O2. The molecule has 0 atom stereocenters. The lowest BCUT2D eigenvalue weighted by Gasteiger charge is -2.25. The number of furan rings is 1. The summed E-state index contributed by atoms with van der Waals surface area (Å²) >= 11 is 6.31. The van der Waals surface area contributed by atoms with Gasteiger partial charge in [-0.25, -0.2) is 0 Å². The molecule has 2 aromatic carbocycles. The minimum absolute atomic E-state index is 0.130. The van der Waals surface area contributed by atoms with E-state index in [1.54, 1.807) is 23.3 Å². The molecule has 0 aliphatic rings. The first-order valence-corrected chi connectivity index (χ1v) is 10.5. The largest absolute Gasteiger partial charge is 0.467 e. The van der Waals surface area contributed by atoms with E-state index in [1.807, 2.05) is 24.3 Å². The summed E-state index contributed by atoms with van der Waals surface area (Å²) in [7, 11) is 2.06. The Morgan fingerprint density at radius 1 is 1.07 bits per heavy atom. The van der Waals surface area contributed by atoms with E-state index in [4.69, 9.17) is 16.0 Å². The maximum Gasteiger partial charge on any atom is 0.256 e.